The minimum atomic E-state index is -0.181. The molecule has 1 amide bonds. The van der Waals surface area contributed by atoms with Gasteiger partial charge in [-0.25, -0.2) is 4.98 Å². The Kier molecular flexibility index (Phi) is 3.00. The lowest BCUT2D eigenvalue weighted by Gasteiger charge is -2.19. The molecule has 2 aromatic rings. The molecule has 1 aromatic heterocycles. The number of rotatable bonds is 3. The highest BCUT2D eigenvalue weighted by Gasteiger charge is 2.18. The maximum atomic E-state index is 11.2. The molecule has 6 nitrogen and oxygen atoms in total. The maximum absolute atomic E-state index is 11.2. The van der Waals surface area contributed by atoms with Crippen LogP contribution in [-0.4, -0.2) is 22.5 Å². The number of aromatic amines is 1. The summed E-state index contributed by atoms with van der Waals surface area (Å²) >= 11 is 6.15. The van der Waals surface area contributed by atoms with E-state index in [1.807, 2.05) is 0 Å². The van der Waals surface area contributed by atoms with Crippen molar-refractivity contribution in [3.63, 3.8) is 0 Å². The van der Waals surface area contributed by atoms with E-state index in [1.165, 1.54) is 0 Å². The van der Waals surface area contributed by atoms with Gasteiger partial charge in [-0.3, -0.25) is 4.79 Å². The smallest absolute Gasteiger partial charge is 0.262 e. The molecule has 3 N–H and O–H groups in total. The summed E-state index contributed by atoms with van der Waals surface area (Å²) in [5.41, 5.74) is 1.32. The SMILES string of the molecule is O=C1COc2cc(NCc3ncc[nH]3)c(Cl)cc2N1. The summed E-state index contributed by atoms with van der Waals surface area (Å²) in [5.74, 6) is 1.23. The van der Waals surface area contributed by atoms with Crippen LogP contribution in [-0.2, 0) is 11.3 Å². The number of halogens is 1. The van der Waals surface area contributed by atoms with Crippen LogP contribution in [0.5, 0.6) is 5.75 Å². The predicted molar refractivity (Wildman–Crippen MR) is 71.5 cm³/mol. The molecule has 3 rings (SSSR count). The molecular weight excluding hydrogens is 268 g/mol. The fourth-order valence-corrected chi connectivity index (χ4v) is 2.04. The number of amides is 1. The molecule has 0 bridgehead atoms. The number of imidazole rings is 1. The normalized spacial score (nSPS) is 13.4. The molecule has 1 aliphatic rings. The standard InChI is InChI=1S/C12H11ClN4O2/c13-7-3-9-10(19-6-12(18)17-9)4-8(7)16-5-11-14-1-2-15-11/h1-4,16H,5-6H2,(H,14,15)(H,17,18). The van der Waals surface area contributed by atoms with Crippen LogP contribution < -0.4 is 15.4 Å². The fourth-order valence-electron chi connectivity index (χ4n) is 1.81. The van der Waals surface area contributed by atoms with Gasteiger partial charge < -0.3 is 20.4 Å². The van der Waals surface area contributed by atoms with E-state index in [4.69, 9.17) is 16.3 Å². The molecule has 1 aromatic carbocycles. The first-order valence-electron chi connectivity index (χ1n) is 5.71. The summed E-state index contributed by atoms with van der Waals surface area (Å²) in [6.45, 7) is 0.546. The molecule has 0 atom stereocenters. The van der Waals surface area contributed by atoms with Crippen molar-refractivity contribution in [3.8, 4) is 5.75 Å². The number of H-pyrrole nitrogens is 1. The highest BCUT2D eigenvalue weighted by molar-refractivity contribution is 6.33. The van der Waals surface area contributed by atoms with Crippen molar-refractivity contribution in [1.29, 1.82) is 0 Å². The van der Waals surface area contributed by atoms with Gasteiger partial charge >= 0.3 is 0 Å². The third kappa shape index (κ3) is 2.48. The number of hydrogen-bond donors (Lipinski definition) is 3. The van der Waals surface area contributed by atoms with Crippen molar-refractivity contribution in [3.05, 3.63) is 35.4 Å². The predicted octanol–water partition coefficient (Wildman–Crippen LogP) is 2.01. The van der Waals surface area contributed by atoms with Crippen molar-refractivity contribution in [2.45, 2.75) is 6.54 Å². The number of nitrogens with one attached hydrogen (secondary N) is 3. The summed E-state index contributed by atoms with van der Waals surface area (Å²) in [7, 11) is 0. The molecule has 7 heteroatoms. The topological polar surface area (TPSA) is 79.0 Å². The maximum Gasteiger partial charge on any atom is 0.262 e. The van der Waals surface area contributed by atoms with Crippen LogP contribution in [0.2, 0.25) is 5.02 Å². The van der Waals surface area contributed by atoms with E-state index in [1.54, 1.807) is 24.5 Å². The van der Waals surface area contributed by atoms with Crippen LogP contribution in [0.1, 0.15) is 5.82 Å². The Morgan fingerprint density at radius 1 is 1.47 bits per heavy atom. The highest BCUT2D eigenvalue weighted by Crippen LogP contribution is 2.36. The van der Waals surface area contributed by atoms with Crippen LogP contribution in [0.3, 0.4) is 0 Å². The zero-order valence-electron chi connectivity index (χ0n) is 9.87. The van der Waals surface area contributed by atoms with Crippen LogP contribution in [0.25, 0.3) is 0 Å². The van der Waals surface area contributed by atoms with Gasteiger partial charge in [0.15, 0.2) is 6.61 Å². The van der Waals surface area contributed by atoms with Gasteiger partial charge in [0.1, 0.15) is 11.6 Å². The second-order valence-corrected chi connectivity index (χ2v) is 4.46. The zero-order valence-corrected chi connectivity index (χ0v) is 10.6. The minimum Gasteiger partial charge on any atom is -0.482 e. The third-order valence-electron chi connectivity index (χ3n) is 2.70. The lowest BCUT2D eigenvalue weighted by molar-refractivity contribution is -0.118. The Morgan fingerprint density at radius 3 is 3.16 bits per heavy atom. The van der Waals surface area contributed by atoms with Crippen molar-refractivity contribution in [1.82, 2.24) is 9.97 Å². The van der Waals surface area contributed by atoms with Gasteiger partial charge in [0.2, 0.25) is 0 Å². The Labute approximate surface area is 114 Å². The van der Waals surface area contributed by atoms with Gasteiger partial charge in [-0.2, -0.15) is 0 Å². The van der Waals surface area contributed by atoms with Crippen LogP contribution in [0.15, 0.2) is 24.5 Å². The van der Waals surface area contributed by atoms with E-state index in [0.29, 0.717) is 23.0 Å². The quantitative estimate of drug-likeness (QED) is 0.802. The fraction of sp³-hybridized carbons (Fsp3) is 0.167. The molecule has 0 unspecified atom stereocenters. The number of aromatic nitrogens is 2. The van der Waals surface area contributed by atoms with Crippen molar-refractivity contribution >= 4 is 28.9 Å². The van der Waals surface area contributed by atoms with E-state index >= 15 is 0 Å². The molecule has 0 saturated heterocycles. The lowest BCUT2D eigenvalue weighted by Crippen LogP contribution is -2.25. The Balaban J connectivity index is 1.80. The van der Waals surface area contributed by atoms with Crippen LogP contribution >= 0.6 is 11.6 Å². The average molecular weight is 279 g/mol. The van der Waals surface area contributed by atoms with Crippen molar-refractivity contribution < 1.29 is 9.53 Å². The first-order chi connectivity index (χ1) is 9.22. The monoisotopic (exact) mass is 278 g/mol. The van der Waals surface area contributed by atoms with Gasteiger partial charge in [-0.1, -0.05) is 11.6 Å². The number of nitrogens with zero attached hydrogens (tertiary/aromatic N) is 1. The average Bonchev–Trinajstić information content (AvgIpc) is 2.89. The molecular formula is C12H11ClN4O2. The number of anilines is 2. The van der Waals surface area contributed by atoms with Crippen molar-refractivity contribution in [2.75, 3.05) is 17.2 Å². The van der Waals surface area contributed by atoms with Gasteiger partial charge in [-0.05, 0) is 6.07 Å². The Morgan fingerprint density at radius 2 is 2.37 bits per heavy atom. The largest absolute Gasteiger partial charge is 0.482 e. The summed E-state index contributed by atoms with van der Waals surface area (Å²) < 4.78 is 5.33. The summed E-state index contributed by atoms with van der Waals surface area (Å²) in [4.78, 5) is 18.3. The molecule has 0 saturated carbocycles. The molecule has 0 fully saturated rings. The molecule has 98 valence electrons. The second-order valence-electron chi connectivity index (χ2n) is 4.05. The van der Waals surface area contributed by atoms with Crippen LogP contribution in [0, 0.1) is 0 Å². The summed E-state index contributed by atoms with van der Waals surface area (Å²) in [6, 6.07) is 3.43. The molecule has 2 heterocycles. The zero-order chi connectivity index (χ0) is 13.2. The molecule has 19 heavy (non-hydrogen) atoms. The van der Waals surface area contributed by atoms with Crippen molar-refractivity contribution in [2.24, 2.45) is 0 Å². The lowest BCUT2D eigenvalue weighted by atomic mass is 10.2. The van der Waals surface area contributed by atoms with Gasteiger partial charge in [0.05, 0.1) is 22.9 Å². The summed E-state index contributed by atoms with van der Waals surface area (Å²) in [6.07, 6.45) is 3.44. The second kappa shape index (κ2) is 4.81. The first kappa shape index (κ1) is 11.9. The molecule has 1 aliphatic heterocycles. The van der Waals surface area contributed by atoms with E-state index in [0.717, 1.165) is 11.5 Å². The molecule has 0 aliphatic carbocycles. The first-order valence-corrected chi connectivity index (χ1v) is 6.08. The molecule has 0 spiro atoms. The van der Waals surface area contributed by atoms with E-state index in [-0.39, 0.29) is 12.5 Å². The Bertz CT molecular complexity index is 612. The number of carbonyl (C=O) groups excluding carboxylic acids is 1. The van der Waals surface area contributed by atoms with Gasteiger partial charge in [0.25, 0.3) is 5.91 Å². The van der Waals surface area contributed by atoms with E-state index in [9.17, 15) is 4.79 Å². The number of fused-ring (bicyclic) bond motifs is 1. The van der Waals surface area contributed by atoms with E-state index < -0.39 is 0 Å². The number of ether oxygens (including phenoxy) is 1. The minimum absolute atomic E-state index is 0.0201. The van der Waals surface area contributed by atoms with Crippen LogP contribution in [0.4, 0.5) is 11.4 Å². The van der Waals surface area contributed by atoms with Gasteiger partial charge in [-0.15, -0.1) is 0 Å². The Hall–Kier alpha value is -2.21. The number of hydrogen-bond acceptors (Lipinski definition) is 4. The third-order valence-corrected chi connectivity index (χ3v) is 3.02. The number of carbonyl (C=O) groups is 1. The van der Waals surface area contributed by atoms with Gasteiger partial charge in [0, 0.05) is 18.5 Å². The molecule has 0 radical (unpaired) electrons. The van der Waals surface area contributed by atoms with E-state index in [2.05, 4.69) is 20.6 Å². The number of benzene rings is 1. The summed E-state index contributed by atoms with van der Waals surface area (Å²) in [5, 5.41) is 6.37. The highest BCUT2D eigenvalue weighted by atomic mass is 35.5.